The Morgan fingerprint density at radius 1 is 0.931 bits per heavy atom. The van der Waals surface area contributed by atoms with Crippen LogP contribution in [0.3, 0.4) is 0 Å². The van der Waals surface area contributed by atoms with E-state index in [2.05, 4.69) is 21.2 Å². The summed E-state index contributed by atoms with van der Waals surface area (Å²) in [6.07, 6.45) is -0.942. The van der Waals surface area contributed by atoms with Crippen LogP contribution in [-0.4, -0.2) is 19.4 Å². The molecule has 10 heteroatoms. The number of para-hydroxylation sites is 2. The average molecular weight is 477 g/mol. The van der Waals surface area contributed by atoms with Gasteiger partial charge >= 0.3 is 11.8 Å². The molecule has 3 aromatic rings. The van der Waals surface area contributed by atoms with Crippen LogP contribution in [0.1, 0.15) is 0 Å². The molecule has 0 atom stereocenters. The van der Waals surface area contributed by atoms with Crippen molar-refractivity contribution in [2.45, 2.75) is 9.79 Å². The van der Waals surface area contributed by atoms with Crippen molar-refractivity contribution in [3.63, 3.8) is 0 Å². The van der Waals surface area contributed by atoms with Gasteiger partial charge in [-0.25, -0.2) is 13.2 Å². The molecule has 0 spiro atoms. The van der Waals surface area contributed by atoms with Crippen LogP contribution in [0.5, 0.6) is 5.75 Å². The largest absolute Gasteiger partial charge is 0.417 e. The summed E-state index contributed by atoms with van der Waals surface area (Å²) >= 11 is 3.25. The number of anilines is 1. The fraction of sp³-hybridized carbons (Fsp3) is 0. The molecule has 3 aromatic carbocycles. The second-order valence-corrected chi connectivity index (χ2v) is 8.59. The fourth-order valence-electron chi connectivity index (χ4n) is 2.40. The summed E-state index contributed by atoms with van der Waals surface area (Å²) in [5.41, 5.74) is -0.0815. The number of nitrogens with zero attached hydrogens (tertiary/aromatic N) is 1. The van der Waals surface area contributed by atoms with Crippen molar-refractivity contribution in [3.05, 3.63) is 87.4 Å². The Balaban J connectivity index is 1.73. The minimum absolute atomic E-state index is 0.0532. The van der Waals surface area contributed by atoms with Gasteiger partial charge in [0.1, 0.15) is 0 Å². The molecule has 3 rings (SSSR count). The van der Waals surface area contributed by atoms with E-state index in [4.69, 9.17) is 4.74 Å². The predicted molar refractivity (Wildman–Crippen MR) is 109 cm³/mol. The third-order valence-electron chi connectivity index (χ3n) is 3.80. The first-order chi connectivity index (χ1) is 13.8. The molecule has 0 saturated carbocycles. The third-order valence-corrected chi connectivity index (χ3v) is 6.11. The van der Waals surface area contributed by atoms with Crippen molar-refractivity contribution in [1.29, 1.82) is 0 Å². The Morgan fingerprint density at radius 2 is 1.48 bits per heavy atom. The lowest BCUT2D eigenvalue weighted by Gasteiger charge is -2.08. The van der Waals surface area contributed by atoms with Crippen LogP contribution < -0.4 is 10.1 Å². The number of rotatable bonds is 5. The Kier molecular flexibility index (Phi) is 5.95. The van der Waals surface area contributed by atoms with E-state index < -0.39 is 20.9 Å². The number of ether oxygens (including phenoxy) is 1. The van der Waals surface area contributed by atoms with E-state index in [1.54, 1.807) is 12.1 Å². The number of sulfone groups is 1. The summed E-state index contributed by atoms with van der Waals surface area (Å²) in [6, 6.07) is 17.2. The van der Waals surface area contributed by atoms with E-state index in [0.29, 0.717) is 0 Å². The molecule has 0 saturated heterocycles. The van der Waals surface area contributed by atoms with E-state index in [-0.39, 0.29) is 26.9 Å². The highest BCUT2D eigenvalue weighted by atomic mass is 79.9. The Hall–Kier alpha value is -3.24. The van der Waals surface area contributed by atoms with Crippen LogP contribution in [0, 0.1) is 10.1 Å². The zero-order valence-corrected chi connectivity index (χ0v) is 17.0. The topological polar surface area (TPSA) is 116 Å². The molecule has 0 aliphatic carbocycles. The van der Waals surface area contributed by atoms with Crippen molar-refractivity contribution in [2.24, 2.45) is 0 Å². The van der Waals surface area contributed by atoms with Crippen LogP contribution in [0.2, 0.25) is 0 Å². The third kappa shape index (κ3) is 4.79. The molecule has 0 heterocycles. The number of hydrogen-bond acceptors (Lipinski definition) is 6. The molecule has 0 fully saturated rings. The SMILES string of the molecule is O=C(Nc1ccc(S(=O)(=O)c2ccc(Br)cc2)cc1)Oc1ccccc1[N+](=O)[O-]. The number of hydrogen-bond donors (Lipinski definition) is 1. The van der Waals surface area contributed by atoms with Crippen molar-refractivity contribution in [1.82, 2.24) is 0 Å². The van der Waals surface area contributed by atoms with Gasteiger partial charge in [-0.05, 0) is 54.6 Å². The van der Waals surface area contributed by atoms with E-state index in [1.807, 2.05) is 0 Å². The molecule has 148 valence electrons. The molecule has 0 aliphatic rings. The van der Waals surface area contributed by atoms with Gasteiger partial charge in [0.15, 0.2) is 0 Å². The zero-order chi connectivity index (χ0) is 21.0. The van der Waals surface area contributed by atoms with Crippen LogP contribution in [0.25, 0.3) is 0 Å². The molecular weight excluding hydrogens is 464 g/mol. The molecule has 0 bridgehead atoms. The Bertz CT molecular complexity index is 1160. The van der Waals surface area contributed by atoms with E-state index in [0.717, 1.165) is 4.47 Å². The first-order valence-electron chi connectivity index (χ1n) is 8.10. The monoisotopic (exact) mass is 476 g/mol. The number of halogens is 1. The summed E-state index contributed by atoms with van der Waals surface area (Å²) < 4.78 is 31.0. The van der Waals surface area contributed by atoms with Gasteiger partial charge in [0.05, 0.1) is 14.7 Å². The van der Waals surface area contributed by atoms with Crippen LogP contribution in [0.4, 0.5) is 16.2 Å². The number of carbonyl (C=O) groups is 1. The van der Waals surface area contributed by atoms with Crippen molar-refractivity contribution >= 4 is 43.2 Å². The summed E-state index contributed by atoms with van der Waals surface area (Å²) in [5.74, 6) is -0.204. The maximum absolute atomic E-state index is 12.6. The van der Waals surface area contributed by atoms with Gasteiger partial charge in [-0.2, -0.15) is 0 Å². The standard InChI is InChI=1S/C19H13BrN2O6S/c20-13-5-9-15(10-6-13)29(26,27)16-11-7-14(8-12-16)21-19(23)28-18-4-2-1-3-17(18)22(24)25/h1-12H,(H,21,23). The number of nitrogens with one attached hydrogen (secondary N) is 1. The Morgan fingerprint density at radius 3 is 2.07 bits per heavy atom. The normalized spacial score (nSPS) is 10.9. The molecule has 0 aromatic heterocycles. The summed E-state index contributed by atoms with van der Waals surface area (Å²) in [5, 5.41) is 13.4. The molecule has 29 heavy (non-hydrogen) atoms. The highest BCUT2D eigenvalue weighted by Crippen LogP contribution is 2.27. The molecule has 0 aliphatic heterocycles. The maximum Gasteiger partial charge on any atom is 0.417 e. The number of amides is 1. The molecule has 0 unspecified atom stereocenters. The van der Waals surface area contributed by atoms with Crippen molar-refractivity contribution < 1.29 is 22.9 Å². The van der Waals surface area contributed by atoms with Gasteiger partial charge in [0.2, 0.25) is 15.6 Å². The molecule has 1 N–H and O–H groups in total. The van der Waals surface area contributed by atoms with Gasteiger partial charge in [-0.15, -0.1) is 0 Å². The van der Waals surface area contributed by atoms with E-state index in [9.17, 15) is 23.3 Å². The number of carbonyl (C=O) groups excluding carboxylic acids is 1. The zero-order valence-electron chi connectivity index (χ0n) is 14.6. The molecular formula is C19H13BrN2O6S. The first kappa shape index (κ1) is 20.5. The van der Waals surface area contributed by atoms with Crippen LogP contribution >= 0.6 is 15.9 Å². The van der Waals surface area contributed by atoms with Crippen molar-refractivity contribution in [3.8, 4) is 5.75 Å². The number of benzene rings is 3. The maximum atomic E-state index is 12.6. The number of nitro benzene ring substituents is 1. The summed E-state index contributed by atoms with van der Waals surface area (Å²) in [4.78, 5) is 22.5. The molecule has 8 nitrogen and oxygen atoms in total. The Labute approximate surface area is 174 Å². The minimum atomic E-state index is -3.70. The van der Waals surface area contributed by atoms with E-state index >= 15 is 0 Å². The molecule has 0 radical (unpaired) electrons. The van der Waals surface area contributed by atoms with Gasteiger partial charge in [-0.1, -0.05) is 28.1 Å². The second-order valence-electron chi connectivity index (χ2n) is 5.72. The summed E-state index contributed by atoms with van der Waals surface area (Å²) in [6.45, 7) is 0. The highest BCUT2D eigenvalue weighted by Gasteiger charge is 2.19. The van der Waals surface area contributed by atoms with Crippen LogP contribution in [-0.2, 0) is 9.84 Å². The minimum Gasteiger partial charge on any atom is -0.403 e. The lowest BCUT2D eigenvalue weighted by molar-refractivity contribution is -0.385. The number of nitro groups is 1. The van der Waals surface area contributed by atoms with Gasteiger partial charge < -0.3 is 4.74 Å². The summed E-state index contributed by atoms with van der Waals surface area (Å²) in [7, 11) is -3.70. The van der Waals surface area contributed by atoms with Crippen molar-refractivity contribution in [2.75, 3.05) is 5.32 Å². The van der Waals surface area contributed by atoms with Gasteiger partial charge in [0, 0.05) is 16.2 Å². The smallest absolute Gasteiger partial charge is 0.403 e. The predicted octanol–water partition coefficient (Wildman–Crippen LogP) is 4.80. The molecule has 1 amide bonds. The van der Waals surface area contributed by atoms with Gasteiger partial charge in [-0.3, -0.25) is 15.4 Å². The lowest BCUT2D eigenvalue weighted by Crippen LogP contribution is -2.17. The lowest BCUT2D eigenvalue weighted by atomic mass is 10.3. The van der Waals surface area contributed by atoms with Gasteiger partial charge in [0.25, 0.3) is 0 Å². The fourth-order valence-corrected chi connectivity index (χ4v) is 3.93. The van der Waals surface area contributed by atoms with Crippen LogP contribution in [0.15, 0.2) is 87.1 Å². The average Bonchev–Trinajstić information content (AvgIpc) is 2.69. The van der Waals surface area contributed by atoms with E-state index in [1.165, 1.54) is 60.7 Å². The second kappa shape index (κ2) is 8.41. The first-order valence-corrected chi connectivity index (χ1v) is 10.4. The highest BCUT2D eigenvalue weighted by molar-refractivity contribution is 9.10. The quantitative estimate of drug-likeness (QED) is 0.417.